The molecule has 1 aromatic heterocycles. The number of carbonyl (C=O) groups is 1. The molecule has 1 aliphatic rings. The third-order valence-electron chi connectivity index (χ3n) is 4.81. The summed E-state index contributed by atoms with van der Waals surface area (Å²) >= 11 is 1.62. The predicted octanol–water partition coefficient (Wildman–Crippen LogP) is 4.33. The summed E-state index contributed by atoms with van der Waals surface area (Å²) in [7, 11) is 0. The molecule has 4 nitrogen and oxygen atoms in total. The molecule has 0 atom stereocenters. The Bertz CT molecular complexity index is 792. The van der Waals surface area contributed by atoms with Gasteiger partial charge in [-0.25, -0.2) is 10.7 Å². The Kier molecular flexibility index (Phi) is 4.51. The normalized spacial score (nSPS) is 16.0. The molecule has 0 radical (unpaired) electrons. The van der Waals surface area contributed by atoms with Gasteiger partial charge in [-0.1, -0.05) is 32.0 Å². The van der Waals surface area contributed by atoms with E-state index in [1.54, 1.807) is 11.3 Å². The number of nitrogens with two attached hydrogens (primary N) is 1. The average molecular weight is 345 g/mol. The molecular formula is C19H23NO3S. The highest BCUT2D eigenvalue weighted by molar-refractivity contribution is 7.16. The van der Waals surface area contributed by atoms with E-state index in [-0.39, 0.29) is 12.0 Å². The van der Waals surface area contributed by atoms with E-state index in [4.69, 9.17) is 10.7 Å². The van der Waals surface area contributed by atoms with Crippen molar-refractivity contribution in [2.24, 2.45) is 11.3 Å². The van der Waals surface area contributed by atoms with Crippen LogP contribution < -0.4 is 5.90 Å². The summed E-state index contributed by atoms with van der Waals surface area (Å²) in [5, 5.41) is 9.90. The minimum atomic E-state index is -0.844. The predicted molar refractivity (Wildman–Crippen MR) is 96.2 cm³/mol. The molecule has 0 aliphatic heterocycles. The van der Waals surface area contributed by atoms with Crippen LogP contribution in [0.5, 0.6) is 0 Å². The summed E-state index contributed by atoms with van der Waals surface area (Å²) < 4.78 is 0. The van der Waals surface area contributed by atoms with Crippen LogP contribution in [0.4, 0.5) is 0 Å². The first-order valence-corrected chi connectivity index (χ1v) is 8.94. The number of hydrogen-bond donors (Lipinski definition) is 2. The van der Waals surface area contributed by atoms with Crippen LogP contribution in [0.1, 0.15) is 52.2 Å². The molecular weight excluding hydrogens is 322 g/mol. The first-order chi connectivity index (χ1) is 11.3. The number of benzene rings is 1. The van der Waals surface area contributed by atoms with E-state index in [1.807, 2.05) is 25.1 Å². The van der Waals surface area contributed by atoms with Crippen LogP contribution in [-0.4, -0.2) is 11.1 Å². The number of hydrogen-bond acceptors (Lipinski definition) is 4. The fourth-order valence-electron chi connectivity index (χ4n) is 3.59. The lowest BCUT2D eigenvalue weighted by Gasteiger charge is -2.29. The molecule has 24 heavy (non-hydrogen) atoms. The van der Waals surface area contributed by atoms with Gasteiger partial charge in [0.1, 0.15) is 0 Å². The number of rotatable bonds is 4. The Morgan fingerprint density at radius 3 is 2.83 bits per heavy atom. The number of carboxylic acid groups (broad SMARTS) is 1. The van der Waals surface area contributed by atoms with Gasteiger partial charge in [0.2, 0.25) is 0 Å². The second-order valence-electron chi connectivity index (χ2n) is 7.27. The molecule has 0 unspecified atom stereocenters. The maximum Gasteiger partial charge on any atom is 0.337 e. The molecule has 5 heteroatoms. The Labute approximate surface area is 146 Å². The molecule has 3 rings (SSSR count). The maximum absolute atomic E-state index is 12.1. The number of aromatic carboxylic acids is 1. The van der Waals surface area contributed by atoms with Crippen molar-refractivity contribution in [2.75, 3.05) is 0 Å². The molecule has 0 spiro atoms. The summed E-state index contributed by atoms with van der Waals surface area (Å²) in [5.74, 6) is 4.43. The highest BCUT2D eigenvalue weighted by Crippen LogP contribution is 2.46. The molecule has 128 valence electrons. The third kappa shape index (κ3) is 2.99. The van der Waals surface area contributed by atoms with Crippen LogP contribution in [0.2, 0.25) is 0 Å². The van der Waals surface area contributed by atoms with Gasteiger partial charge in [0.05, 0.1) is 12.2 Å². The lowest BCUT2D eigenvalue weighted by atomic mass is 9.75. The van der Waals surface area contributed by atoms with Crippen molar-refractivity contribution < 1.29 is 14.7 Å². The highest BCUT2D eigenvalue weighted by Gasteiger charge is 2.33. The van der Waals surface area contributed by atoms with Gasteiger partial charge in [-0.2, -0.15) is 0 Å². The molecule has 0 fully saturated rings. The summed E-state index contributed by atoms with van der Waals surface area (Å²) in [6.07, 6.45) is 2.85. The Morgan fingerprint density at radius 2 is 2.17 bits per heavy atom. The van der Waals surface area contributed by atoms with E-state index >= 15 is 0 Å². The highest BCUT2D eigenvalue weighted by atomic mass is 32.1. The Hall–Kier alpha value is -1.69. The van der Waals surface area contributed by atoms with Crippen molar-refractivity contribution >= 4 is 17.3 Å². The molecule has 0 bridgehead atoms. The van der Waals surface area contributed by atoms with E-state index in [0.717, 1.165) is 46.4 Å². The van der Waals surface area contributed by atoms with Crippen molar-refractivity contribution in [1.82, 2.24) is 0 Å². The number of carboxylic acids is 1. The minimum Gasteiger partial charge on any atom is -0.478 e. The molecule has 0 amide bonds. The molecule has 3 N–H and O–H groups in total. The van der Waals surface area contributed by atoms with Gasteiger partial charge < -0.3 is 5.11 Å². The van der Waals surface area contributed by atoms with E-state index in [9.17, 15) is 9.90 Å². The monoisotopic (exact) mass is 345 g/mol. The van der Waals surface area contributed by atoms with Crippen molar-refractivity contribution in [2.45, 2.75) is 46.6 Å². The van der Waals surface area contributed by atoms with Gasteiger partial charge in [-0.05, 0) is 48.3 Å². The molecule has 2 aromatic rings. The van der Waals surface area contributed by atoms with Crippen LogP contribution >= 0.6 is 11.3 Å². The van der Waals surface area contributed by atoms with Crippen LogP contribution in [0, 0.1) is 12.3 Å². The third-order valence-corrected chi connectivity index (χ3v) is 6.12. The standard InChI is InChI=1S/C19H23NO3S/c1-11-5-4-6-12(10-23-20)15(11)17-16(18(21)22)13-9-19(2,3)8-7-14(13)24-17/h4-6H,7-10,20H2,1-3H3,(H,21,22). The lowest BCUT2D eigenvalue weighted by Crippen LogP contribution is -2.22. The van der Waals surface area contributed by atoms with E-state index in [2.05, 4.69) is 13.8 Å². The topological polar surface area (TPSA) is 72.5 Å². The van der Waals surface area contributed by atoms with Gasteiger partial charge >= 0.3 is 5.97 Å². The minimum absolute atomic E-state index is 0.143. The van der Waals surface area contributed by atoms with Gasteiger partial charge in [0.25, 0.3) is 0 Å². The first-order valence-electron chi connectivity index (χ1n) is 8.12. The quantitative estimate of drug-likeness (QED) is 0.809. The molecule has 1 heterocycles. The summed E-state index contributed by atoms with van der Waals surface area (Å²) in [6, 6.07) is 5.90. The summed E-state index contributed by atoms with van der Waals surface area (Å²) in [5.41, 5.74) is 4.56. The second-order valence-corrected chi connectivity index (χ2v) is 8.38. The van der Waals surface area contributed by atoms with Crippen molar-refractivity contribution in [1.29, 1.82) is 0 Å². The Morgan fingerprint density at radius 1 is 1.42 bits per heavy atom. The van der Waals surface area contributed by atoms with Crippen molar-refractivity contribution in [3.8, 4) is 10.4 Å². The summed E-state index contributed by atoms with van der Waals surface area (Å²) in [6.45, 7) is 6.69. The van der Waals surface area contributed by atoms with Crippen molar-refractivity contribution in [3.63, 3.8) is 0 Å². The zero-order valence-corrected chi connectivity index (χ0v) is 15.1. The van der Waals surface area contributed by atoms with E-state index < -0.39 is 5.97 Å². The zero-order chi connectivity index (χ0) is 17.5. The van der Waals surface area contributed by atoms with Crippen molar-refractivity contribution in [3.05, 3.63) is 45.3 Å². The van der Waals surface area contributed by atoms with Crippen LogP contribution in [0.15, 0.2) is 18.2 Å². The number of thiophene rings is 1. The fraction of sp³-hybridized carbons (Fsp3) is 0.421. The smallest absolute Gasteiger partial charge is 0.337 e. The van der Waals surface area contributed by atoms with Gasteiger partial charge in [0, 0.05) is 15.3 Å². The SMILES string of the molecule is Cc1cccc(CON)c1-c1sc2c(c1C(=O)O)CC(C)(C)CC2. The van der Waals surface area contributed by atoms with Crippen LogP contribution in [-0.2, 0) is 24.3 Å². The van der Waals surface area contributed by atoms with Gasteiger partial charge in [-0.15, -0.1) is 11.3 Å². The number of aryl methyl sites for hydroxylation is 2. The first kappa shape index (κ1) is 17.1. The molecule has 1 aliphatic carbocycles. The maximum atomic E-state index is 12.1. The van der Waals surface area contributed by atoms with E-state index in [1.165, 1.54) is 4.88 Å². The Balaban J connectivity index is 2.24. The largest absolute Gasteiger partial charge is 0.478 e. The zero-order valence-electron chi connectivity index (χ0n) is 14.3. The molecule has 1 aromatic carbocycles. The molecule has 0 saturated carbocycles. The molecule has 0 saturated heterocycles. The average Bonchev–Trinajstić information content (AvgIpc) is 2.84. The van der Waals surface area contributed by atoms with Crippen LogP contribution in [0.3, 0.4) is 0 Å². The van der Waals surface area contributed by atoms with E-state index in [0.29, 0.717) is 5.56 Å². The summed E-state index contributed by atoms with van der Waals surface area (Å²) in [4.78, 5) is 19.0. The second kappa shape index (κ2) is 6.31. The number of fused-ring (bicyclic) bond motifs is 1. The van der Waals surface area contributed by atoms with Gasteiger partial charge in [0.15, 0.2) is 0 Å². The van der Waals surface area contributed by atoms with Crippen LogP contribution in [0.25, 0.3) is 10.4 Å². The lowest BCUT2D eigenvalue weighted by molar-refractivity contribution is 0.0696. The van der Waals surface area contributed by atoms with Gasteiger partial charge in [-0.3, -0.25) is 4.84 Å². The fourth-order valence-corrected chi connectivity index (χ4v) is 5.04.